The highest BCUT2D eigenvalue weighted by Gasteiger charge is 2.19. The van der Waals surface area contributed by atoms with Gasteiger partial charge in [0.2, 0.25) is 0 Å². The van der Waals surface area contributed by atoms with Gasteiger partial charge in [-0.15, -0.1) is 0 Å². The Labute approximate surface area is 508 Å². The summed E-state index contributed by atoms with van der Waals surface area (Å²) in [5.41, 5.74) is 0. The van der Waals surface area contributed by atoms with Crippen LogP contribution in [0.5, 0.6) is 0 Å². The van der Waals surface area contributed by atoms with Crippen molar-refractivity contribution in [2.75, 3.05) is 13.2 Å². The first-order valence-electron chi connectivity index (χ1n) is 35.2. The van der Waals surface area contributed by atoms with E-state index in [1.807, 2.05) is 0 Å². The largest absolute Gasteiger partial charge is 0.462 e. The maximum atomic E-state index is 13.0. The van der Waals surface area contributed by atoms with Crippen molar-refractivity contribution < 1.29 is 28.6 Å². The molecule has 0 bridgehead atoms. The number of hydrogen-bond acceptors (Lipinski definition) is 6. The van der Waals surface area contributed by atoms with Gasteiger partial charge in [-0.25, -0.2) is 0 Å². The summed E-state index contributed by atoms with van der Waals surface area (Å²) in [5.74, 6) is -0.883. The molecule has 0 aliphatic carbocycles. The Kier molecular flexibility index (Phi) is 66.7. The van der Waals surface area contributed by atoms with Crippen molar-refractivity contribution >= 4 is 17.9 Å². The van der Waals surface area contributed by atoms with Crippen molar-refractivity contribution in [1.29, 1.82) is 0 Å². The molecule has 0 aromatic heterocycles. The minimum absolute atomic E-state index is 0.0814. The lowest BCUT2D eigenvalue weighted by Crippen LogP contribution is -2.30. The predicted molar refractivity (Wildman–Crippen MR) is 357 cm³/mol. The number of carbonyl (C=O) groups is 3. The minimum atomic E-state index is -0.786. The van der Waals surface area contributed by atoms with Crippen LogP contribution in [0.15, 0.2) is 97.2 Å². The lowest BCUT2D eigenvalue weighted by molar-refractivity contribution is -0.167. The Bertz CT molecular complexity index is 1590. The molecule has 0 radical (unpaired) electrons. The molecule has 0 saturated carbocycles. The van der Waals surface area contributed by atoms with E-state index in [1.165, 1.54) is 199 Å². The Morgan fingerprint density at radius 1 is 0.256 bits per heavy atom. The van der Waals surface area contributed by atoms with E-state index in [0.717, 1.165) is 109 Å². The fourth-order valence-electron chi connectivity index (χ4n) is 10.0. The summed E-state index contributed by atoms with van der Waals surface area (Å²) in [4.78, 5) is 38.5. The molecule has 0 saturated heterocycles. The third-order valence-corrected chi connectivity index (χ3v) is 15.3. The molecule has 6 heteroatoms. The maximum Gasteiger partial charge on any atom is 0.306 e. The molecule has 0 aromatic rings. The summed E-state index contributed by atoms with van der Waals surface area (Å²) in [6.07, 6.45) is 94.3. The van der Waals surface area contributed by atoms with Crippen molar-refractivity contribution in [1.82, 2.24) is 0 Å². The first-order chi connectivity index (χ1) is 40.5. The normalized spacial score (nSPS) is 12.7. The van der Waals surface area contributed by atoms with Crippen LogP contribution < -0.4 is 0 Å². The quantitative estimate of drug-likeness (QED) is 0.0261. The van der Waals surface area contributed by atoms with Gasteiger partial charge in [-0.2, -0.15) is 0 Å². The summed E-state index contributed by atoms with van der Waals surface area (Å²) in [6, 6.07) is 0. The van der Waals surface area contributed by atoms with Crippen LogP contribution in [0.3, 0.4) is 0 Å². The number of rotatable bonds is 64. The molecule has 472 valence electrons. The molecule has 0 spiro atoms. The van der Waals surface area contributed by atoms with Gasteiger partial charge in [-0.1, -0.05) is 311 Å². The van der Waals surface area contributed by atoms with Crippen LogP contribution in [0, 0.1) is 0 Å². The Morgan fingerprint density at radius 2 is 0.488 bits per heavy atom. The monoisotopic (exact) mass is 1140 g/mol. The fourth-order valence-corrected chi connectivity index (χ4v) is 10.0. The highest BCUT2D eigenvalue weighted by atomic mass is 16.6. The lowest BCUT2D eigenvalue weighted by atomic mass is 10.0. The van der Waals surface area contributed by atoms with Crippen LogP contribution in [0.1, 0.15) is 348 Å². The van der Waals surface area contributed by atoms with Crippen molar-refractivity contribution in [3.05, 3.63) is 97.2 Å². The number of unbranched alkanes of at least 4 members (excludes halogenated alkanes) is 37. The molecule has 6 nitrogen and oxygen atoms in total. The summed E-state index contributed by atoms with van der Waals surface area (Å²) >= 11 is 0. The molecule has 0 rings (SSSR count). The van der Waals surface area contributed by atoms with Gasteiger partial charge in [-0.05, 0) is 116 Å². The van der Waals surface area contributed by atoms with Gasteiger partial charge in [0.25, 0.3) is 0 Å². The van der Waals surface area contributed by atoms with Gasteiger partial charge in [0.1, 0.15) is 13.2 Å². The molecule has 1 atom stereocenters. The number of hydrogen-bond donors (Lipinski definition) is 0. The Balaban J connectivity index is 4.30. The first kappa shape index (κ1) is 78.3. The number of carbonyl (C=O) groups excluding carboxylic acids is 3. The molecule has 82 heavy (non-hydrogen) atoms. The average molecular weight is 1140 g/mol. The Hall–Kier alpha value is -3.67. The summed E-state index contributed by atoms with van der Waals surface area (Å²) in [7, 11) is 0. The fraction of sp³-hybridized carbons (Fsp3) is 0.750. The standard InChI is InChI=1S/C76H132O6/c1-4-7-10-13-16-19-22-25-28-30-32-34-36-38-40-42-44-46-48-51-54-57-60-63-66-69-75(78)81-72-73(71-80-74(77)68-65-62-59-56-53-50-27-24-21-18-15-12-9-6-3)82-76(79)70-67-64-61-58-55-52-49-47-45-43-41-39-37-35-33-31-29-26-23-20-17-14-11-8-5-2/h7,10,15-16,18-19,23-28,31-34,73H,4-6,8-9,11-14,17,20-22,29-30,35-72H2,1-3H3/b10-7-,18-15-,19-16-,26-23-,27-24-,28-25-,33-31-,34-32-. The highest BCUT2D eigenvalue weighted by Crippen LogP contribution is 2.17. The molecule has 0 aliphatic heterocycles. The van der Waals surface area contributed by atoms with Gasteiger partial charge in [-0.3, -0.25) is 14.4 Å². The van der Waals surface area contributed by atoms with E-state index in [2.05, 4.69) is 118 Å². The molecule has 0 N–H and O–H groups in total. The second kappa shape index (κ2) is 69.8. The van der Waals surface area contributed by atoms with Gasteiger partial charge in [0.05, 0.1) is 0 Å². The lowest BCUT2D eigenvalue weighted by Gasteiger charge is -2.18. The third kappa shape index (κ3) is 67.1. The van der Waals surface area contributed by atoms with E-state index >= 15 is 0 Å². The third-order valence-electron chi connectivity index (χ3n) is 15.3. The van der Waals surface area contributed by atoms with Gasteiger partial charge < -0.3 is 14.2 Å². The van der Waals surface area contributed by atoms with Crippen LogP contribution >= 0.6 is 0 Å². The van der Waals surface area contributed by atoms with E-state index in [0.29, 0.717) is 19.3 Å². The van der Waals surface area contributed by atoms with Crippen molar-refractivity contribution in [3.63, 3.8) is 0 Å². The topological polar surface area (TPSA) is 78.9 Å². The van der Waals surface area contributed by atoms with Crippen LogP contribution in [-0.2, 0) is 28.6 Å². The van der Waals surface area contributed by atoms with Crippen LogP contribution in [-0.4, -0.2) is 37.2 Å². The van der Waals surface area contributed by atoms with Crippen LogP contribution in [0.2, 0.25) is 0 Å². The van der Waals surface area contributed by atoms with Crippen molar-refractivity contribution in [2.24, 2.45) is 0 Å². The second-order valence-electron chi connectivity index (χ2n) is 23.4. The summed E-state index contributed by atoms with van der Waals surface area (Å²) in [6.45, 7) is 6.50. The minimum Gasteiger partial charge on any atom is -0.462 e. The zero-order chi connectivity index (χ0) is 59.2. The first-order valence-corrected chi connectivity index (χ1v) is 35.2. The highest BCUT2D eigenvalue weighted by molar-refractivity contribution is 5.71. The summed E-state index contributed by atoms with van der Waals surface area (Å²) in [5, 5.41) is 0. The van der Waals surface area contributed by atoms with Gasteiger partial charge in [0.15, 0.2) is 6.10 Å². The number of esters is 3. The van der Waals surface area contributed by atoms with E-state index < -0.39 is 6.10 Å². The zero-order valence-corrected chi connectivity index (χ0v) is 54.2. The second-order valence-corrected chi connectivity index (χ2v) is 23.4. The molecule has 0 fully saturated rings. The average Bonchev–Trinajstić information content (AvgIpc) is 3.47. The van der Waals surface area contributed by atoms with E-state index in [4.69, 9.17) is 14.2 Å². The van der Waals surface area contributed by atoms with E-state index in [9.17, 15) is 14.4 Å². The van der Waals surface area contributed by atoms with Crippen LogP contribution in [0.25, 0.3) is 0 Å². The van der Waals surface area contributed by atoms with Crippen molar-refractivity contribution in [2.45, 2.75) is 354 Å². The smallest absolute Gasteiger partial charge is 0.306 e. The maximum absolute atomic E-state index is 13.0. The van der Waals surface area contributed by atoms with E-state index in [-0.39, 0.29) is 31.1 Å². The zero-order valence-electron chi connectivity index (χ0n) is 54.2. The van der Waals surface area contributed by atoms with Crippen molar-refractivity contribution in [3.8, 4) is 0 Å². The molecule has 0 heterocycles. The SMILES string of the molecule is CC/C=C\C/C=C\C/C=C\C/C=C\CCCCCCCCCCCCCCC(=O)OCC(COC(=O)CCCCCCC/C=C\C/C=C\CCCC)OC(=O)CCCCCCCCCCCCCCC/C=C\C/C=C\CCCCCCC. The molecular formula is C76H132O6. The van der Waals surface area contributed by atoms with E-state index in [1.54, 1.807) is 0 Å². The van der Waals surface area contributed by atoms with Gasteiger partial charge in [0, 0.05) is 19.3 Å². The van der Waals surface area contributed by atoms with Gasteiger partial charge >= 0.3 is 17.9 Å². The summed E-state index contributed by atoms with van der Waals surface area (Å²) < 4.78 is 17.0. The molecular weight excluding hydrogens is 1010 g/mol. The Morgan fingerprint density at radius 3 is 0.780 bits per heavy atom. The molecule has 0 amide bonds. The van der Waals surface area contributed by atoms with Crippen LogP contribution in [0.4, 0.5) is 0 Å². The molecule has 0 aliphatic rings. The number of ether oxygens (including phenoxy) is 3. The predicted octanol–water partition coefficient (Wildman–Crippen LogP) is 24.4. The number of allylic oxidation sites excluding steroid dienone is 16. The molecule has 1 unspecified atom stereocenters. The molecule has 0 aromatic carbocycles.